The molecular formula is C18H21F3N2O6. The molecule has 1 saturated heterocycles. The number of hydrogen-bond acceptors (Lipinski definition) is 6. The Balaban J connectivity index is 1.71. The van der Waals surface area contributed by atoms with Crippen molar-refractivity contribution in [2.24, 2.45) is 5.92 Å². The minimum Gasteiger partial charge on any atom is -0.497 e. The summed E-state index contributed by atoms with van der Waals surface area (Å²) in [6.45, 7) is -2.01. The van der Waals surface area contributed by atoms with Gasteiger partial charge >= 0.3 is 18.2 Å². The average molecular weight is 418 g/mol. The van der Waals surface area contributed by atoms with Gasteiger partial charge in [0.2, 0.25) is 0 Å². The number of benzene rings is 1. The molecule has 0 saturated carbocycles. The van der Waals surface area contributed by atoms with Gasteiger partial charge in [0.05, 0.1) is 13.0 Å². The molecule has 0 atom stereocenters. The molecule has 0 aromatic heterocycles. The van der Waals surface area contributed by atoms with Crippen molar-refractivity contribution < 1.29 is 41.8 Å². The molecule has 2 amide bonds. The summed E-state index contributed by atoms with van der Waals surface area (Å²) in [4.78, 5) is 36.7. The van der Waals surface area contributed by atoms with Crippen molar-refractivity contribution in [1.82, 2.24) is 4.90 Å². The highest BCUT2D eigenvalue weighted by Crippen LogP contribution is 2.21. The quantitative estimate of drug-likeness (QED) is 0.714. The predicted molar refractivity (Wildman–Crippen MR) is 94.3 cm³/mol. The first-order chi connectivity index (χ1) is 13.7. The fourth-order valence-corrected chi connectivity index (χ4v) is 2.69. The largest absolute Gasteiger partial charge is 0.497 e. The first-order valence-electron chi connectivity index (χ1n) is 8.77. The maximum atomic E-state index is 12.1. The second kappa shape index (κ2) is 9.99. The third-order valence-electron chi connectivity index (χ3n) is 4.14. The number of amides is 2. The summed E-state index contributed by atoms with van der Waals surface area (Å²) in [6.07, 6.45) is -5.26. The summed E-state index contributed by atoms with van der Waals surface area (Å²) in [6, 6.07) is 6.65. The summed E-state index contributed by atoms with van der Waals surface area (Å²) >= 11 is 0. The Labute approximate surface area is 164 Å². The van der Waals surface area contributed by atoms with E-state index >= 15 is 0 Å². The number of likely N-dealkylation sites (tertiary alicyclic amines) is 1. The van der Waals surface area contributed by atoms with E-state index in [-0.39, 0.29) is 25.9 Å². The van der Waals surface area contributed by atoms with E-state index in [1.165, 1.54) is 7.11 Å². The fraction of sp³-hybridized carbons (Fsp3) is 0.500. The van der Waals surface area contributed by atoms with Crippen LogP contribution in [0.2, 0.25) is 0 Å². The smallest absolute Gasteiger partial charge is 0.422 e. The summed E-state index contributed by atoms with van der Waals surface area (Å²) in [5.41, 5.74) is 0.482. The van der Waals surface area contributed by atoms with Crippen LogP contribution in [-0.2, 0) is 19.1 Å². The standard InChI is InChI=1S/C18H21F3N2O6/c1-27-14-4-2-3-13(9-14)22-15(24)10-28-16(25)12-5-7-23(8-6-12)17(26)29-11-18(19,20)21/h2-4,9,12H,5-8,10-11H2,1H3,(H,22,24). The molecule has 0 radical (unpaired) electrons. The van der Waals surface area contributed by atoms with Gasteiger partial charge in [-0.05, 0) is 25.0 Å². The lowest BCUT2D eigenvalue weighted by molar-refractivity contribution is -0.163. The normalized spacial score (nSPS) is 14.8. The van der Waals surface area contributed by atoms with Gasteiger partial charge in [-0.3, -0.25) is 9.59 Å². The third-order valence-corrected chi connectivity index (χ3v) is 4.14. The molecule has 0 bridgehead atoms. The summed E-state index contributed by atoms with van der Waals surface area (Å²) < 4.78 is 50.5. The molecule has 1 N–H and O–H groups in total. The second-order valence-electron chi connectivity index (χ2n) is 6.32. The summed E-state index contributed by atoms with van der Waals surface area (Å²) in [5.74, 6) is -1.12. The number of rotatable bonds is 6. The van der Waals surface area contributed by atoms with E-state index in [4.69, 9.17) is 9.47 Å². The number of carbonyl (C=O) groups is 3. The maximum absolute atomic E-state index is 12.1. The molecule has 29 heavy (non-hydrogen) atoms. The molecule has 0 aliphatic carbocycles. The van der Waals surface area contributed by atoms with Crippen LogP contribution in [-0.4, -0.2) is 62.5 Å². The zero-order valence-corrected chi connectivity index (χ0v) is 15.7. The van der Waals surface area contributed by atoms with Crippen LogP contribution < -0.4 is 10.1 Å². The van der Waals surface area contributed by atoms with Crippen LogP contribution in [0.4, 0.5) is 23.7 Å². The number of nitrogens with zero attached hydrogens (tertiary/aromatic N) is 1. The Morgan fingerprint density at radius 3 is 2.48 bits per heavy atom. The lowest BCUT2D eigenvalue weighted by Gasteiger charge is -2.30. The Bertz CT molecular complexity index is 733. The zero-order chi connectivity index (χ0) is 21.4. The molecule has 1 aromatic rings. The number of hydrogen-bond donors (Lipinski definition) is 1. The molecule has 0 spiro atoms. The number of halogens is 3. The topological polar surface area (TPSA) is 94.2 Å². The van der Waals surface area contributed by atoms with Gasteiger partial charge in [0.15, 0.2) is 13.2 Å². The van der Waals surface area contributed by atoms with Gasteiger partial charge in [0.25, 0.3) is 5.91 Å². The number of esters is 1. The van der Waals surface area contributed by atoms with Gasteiger partial charge in [-0.2, -0.15) is 13.2 Å². The minimum atomic E-state index is -4.59. The molecule has 1 aliphatic heterocycles. The molecule has 160 valence electrons. The molecule has 11 heteroatoms. The molecule has 1 aliphatic rings. The van der Waals surface area contributed by atoms with Crippen molar-refractivity contribution in [2.45, 2.75) is 19.0 Å². The van der Waals surface area contributed by atoms with E-state index in [1.54, 1.807) is 24.3 Å². The lowest BCUT2D eigenvalue weighted by Crippen LogP contribution is -2.42. The molecule has 1 heterocycles. The molecule has 8 nitrogen and oxygen atoms in total. The van der Waals surface area contributed by atoms with Crippen LogP contribution in [0.3, 0.4) is 0 Å². The Morgan fingerprint density at radius 1 is 1.17 bits per heavy atom. The Kier molecular flexibility index (Phi) is 7.68. The molecule has 2 rings (SSSR count). The van der Waals surface area contributed by atoms with Crippen molar-refractivity contribution in [3.05, 3.63) is 24.3 Å². The number of alkyl halides is 3. The minimum absolute atomic E-state index is 0.0620. The highest BCUT2D eigenvalue weighted by atomic mass is 19.4. The number of methoxy groups -OCH3 is 1. The van der Waals surface area contributed by atoms with E-state index in [0.717, 1.165) is 4.90 Å². The van der Waals surface area contributed by atoms with E-state index in [9.17, 15) is 27.6 Å². The van der Waals surface area contributed by atoms with Gasteiger partial charge in [-0.1, -0.05) is 6.07 Å². The number of carbonyl (C=O) groups excluding carboxylic acids is 3. The number of piperidine rings is 1. The van der Waals surface area contributed by atoms with Crippen molar-refractivity contribution >= 4 is 23.7 Å². The van der Waals surface area contributed by atoms with E-state index in [2.05, 4.69) is 10.1 Å². The van der Waals surface area contributed by atoms with Crippen molar-refractivity contribution in [3.63, 3.8) is 0 Å². The fourth-order valence-electron chi connectivity index (χ4n) is 2.69. The SMILES string of the molecule is COc1cccc(NC(=O)COC(=O)C2CCN(C(=O)OCC(F)(F)F)CC2)c1. The van der Waals surface area contributed by atoms with E-state index in [1.807, 2.05) is 0 Å². The Morgan fingerprint density at radius 2 is 1.86 bits per heavy atom. The lowest BCUT2D eigenvalue weighted by atomic mass is 9.97. The molecule has 0 unspecified atom stereocenters. The van der Waals surface area contributed by atoms with Gasteiger partial charge in [0.1, 0.15) is 5.75 Å². The van der Waals surface area contributed by atoms with E-state index in [0.29, 0.717) is 11.4 Å². The van der Waals surface area contributed by atoms with Gasteiger partial charge < -0.3 is 24.4 Å². The van der Waals surface area contributed by atoms with Crippen LogP contribution in [0.1, 0.15) is 12.8 Å². The zero-order valence-electron chi connectivity index (χ0n) is 15.7. The molecular weight excluding hydrogens is 397 g/mol. The van der Waals surface area contributed by atoms with Crippen LogP contribution in [0.5, 0.6) is 5.75 Å². The maximum Gasteiger partial charge on any atom is 0.422 e. The van der Waals surface area contributed by atoms with Crippen molar-refractivity contribution in [3.8, 4) is 5.75 Å². The third kappa shape index (κ3) is 7.51. The summed E-state index contributed by atoms with van der Waals surface area (Å²) in [7, 11) is 1.49. The van der Waals surface area contributed by atoms with Crippen LogP contribution in [0, 0.1) is 5.92 Å². The second-order valence-corrected chi connectivity index (χ2v) is 6.32. The first-order valence-corrected chi connectivity index (χ1v) is 8.77. The van der Waals surface area contributed by atoms with Gasteiger partial charge in [0, 0.05) is 24.8 Å². The van der Waals surface area contributed by atoms with Crippen molar-refractivity contribution in [1.29, 1.82) is 0 Å². The molecule has 1 fully saturated rings. The van der Waals surface area contributed by atoms with Crippen LogP contribution >= 0.6 is 0 Å². The van der Waals surface area contributed by atoms with Crippen LogP contribution in [0.15, 0.2) is 24.3 Å². The number of anilines is 1. The predicted octanol–water partition coefficient (Wildman–Crippen LogP) is 2.59. The summed E-state index contributed by atoms with van der Waals surface area (Å²) in [5, 5.41) is 2.57. The molecule has 1 aromatic carbocycles. The van der Waals surface area contributed by atoms with Crippen LogP contribution in [0.25, 0.3) is 0 Å². The number of ether oxygens (including phenoxy) is 3. The highest BCUT2D eigenvalue weighted by Gasteiger charge is 2.33. The highest BCUT2D eigenvalue weighted by molar-refractivity contribution is 5.93. The van der Waals surface area contributed by atoms with E-state index < -0.39 is 43.3 Å². The van der Waals surface area contributed by atoms with Crippen molar-refractivity contribution in [2.75, 3.05) is 38.7 Å². The number of nitrogens with one attached hydrogen (secondary N) is 1. The monoisotopic (exact) mass is 418 g/mol. The average Bonchev–Trinajstić information content (AvgIpc) is 2.70. The Hall–Kier alpha value is -2.98. The first kappa shape index (κ1) is 22.3. The van der Waals surface area contributed by atoms with Gasteiger partial charge in [-0.25, -0.2) is 4.79 Å². The van der Waals surface area contributed by atoms with Gasteiger partial charge in [-0.15, -0.1) is 0 Å².